The molecule has 3 heteroatoms. The van der Waals surface area contributed by atoms with E-state index >= 15 is 0 Å². The van der Waals surface area contributed by atoms with Crippen LogP contribution in [0.1, 0.15) is 19.9 Å². The van der Waals surface area contributed by atoms with Gasteiger partial charge in [0.05, 0.1) is 0 Å². The Morgan fingerprint density at radius 1 is 1.29 bits per heavy atom. The average Bonchev–Trinajstić information content (AvgIpc) is 2.86. The topological polar surface area (TPSA) is 29.9 Å². The molecule has 0 aliphatic rings. The third kappa shape index (κ3) is 2.74. The number of hydrogen-bond donors (Lipinski definition) is 1. The van der Waals surface area contributed by atoms with Crippen LogP contribution in [0.3, 0.4) is 0 Å². The smallest absolute Gasteiger partial charge is 0.140 e. The number of hydrogen-bond acceptors (Lipinski definition) is 2. The molecule has 1 unspecified atom stereocenters. The first-order valence-electron chi connectivity index (χ1n) is 6.12. The van der Waals surface area contributed by atoms with E-state index in [-0.39, 0.29) is 0 Å². The standard InChI is InChI=1S/C14H19N3/c1-3-15-11-12(2)17-10-9-16-14(17)13-7-5-4-6-8-13/h4-10,12,15H,3,11H2,1-2H3. The van der Waals surface area contributed by atoms with Crippen molar-refractivity contribution in [1.29, 1.82) is 0 Å². The Bertz CT molecular complexity index is 448. The van der Waals surface area contributed by atoms with Gasteiger partial charge in [0.1, 0.15) is 5.82 Å². The van der Waals surface area contributed by atoms with Gasteiger partial charge >= 0.3 is 0 Å². The van der Waals surface area contributed by atoms with E-state index in [1.807, 2.05) is 30.6 Å². The molecular weight excluding hydrogens is 210 g/mol. The van der Waals surface area contributed by atoms with Gasteiger partial charge in [0.15, 0.2) is 0 Å². The molecule has 0 aliphatic heterocycles. The number of likely N-dealkylation sites (N-methyl/N-ethyl adjacent to an activating group) is 1. The van der Waals surface area contributed by atoms with Gasteiger partial charge in [0.25, 0.3) is 0 Å². The fraction of sp³-hybridized carbons (Fsp3) is 0.357. The first-order valence-corrected chi connectivity index (χ1v) is 6.12. The summed E-state index contributed by atoms with van der Waals surface area (Å²) in [5.74, 6) is 1.04. The van der Waals surface area contributed by atoms with Crippen LogP contribution in [-0.4, -0.2) is 22.6 Å². The van der Waals surface area contributed by atoms with E-state index in [1.165, 1.54) is 5.56 Å². The summed E-state index contributed by atoms with van der Waals surface area (Å²) in [6.45, 7) is 6.29. The fourth-order valence-electron chi connectivity index (χ4n) is 1.93. The van der Waals surface area contributed by atoms with Gasteiger partial charge in [0.2, 0.25) is 0 Å². The Morgan fingerprint density at radius 3 is 2.76 bits per heavy atom. The second-order valence-electron chi connectivity index (χ2n) is 4.18. The van der Waals surface area contributed by atoms with E-state index in [1.54, 1.807) is 0 Å². The lowest BCUT2D eigenvalue weighted by Crippen LogP contribution is -2.23. The summed E-state index contributed by atoms with van der Waals surface area (Å²) in [6, 6.07) is 10.7. The predicted octanol–water partition coefficient (Wildman–Crippen LogP) is 2.72. The second-order valence-corrected chi connectivity index (χ2v) is 4.18. The molecule has 3 nitrogen and oxygen atoms in total. The monoisotopic (exact) mass is 229 g/mol. The maximum Gasteiger partial charge on any atom is 0.140 e. The molecule has 90 valence electrons. The van der Waals surface area contributed by atoms with Crippen LogP contribution in [0.25, 0.3) is 11.4 Å². The van der Waals surface area contributed by atoms with E-state index in [0.29, 0.717) is 6.04 Å². The van der Waals surface area contributed by atoms with Gasteiger partial charge in [-0.3, -0.25) is 0 Å². The summed E-state index contributed by atoms with van der Waals surface area (Å²) in [5, 5.41) is 3.37. The van der Waals surface area contributed by atoms with Crippen molar-refractivity contribution in [1.82, 2.24) is 14.9 Å². The van der Waals surface area contributed by atoms with Crippen LogP contribution in [-0.2, 0) is 0 Å². The van der Waals surface area contributed by atoms with Crippen LogP contribution in [0.2, 0.25) is 0 Å². The minimum atomic E-state index is 0.410. The van der Waals surface area contributed by atoms with E-state index in [0.717, 1.165) is 18.9 Å². The van der Waals surface area contributed by atoms with Crippen LogP contribution >= 0.6 is 0 Å². The predicted molar refractivity (Wildman–Crippen MR) is 70.9 cm³/mol. The van der Waals surface area contributed by atoms with Crippen molar-refractivity contribution in [3.8, 4) is 11.4 Å². The van der Waals surface area contributed by atoms with Gasteiger partial charge in [0, 0.05) is 30.5 Å². The van der Waals surface area contributed by atoms with Gasteiger partial charge in [-0.05, 0) is 13.5 Å². The SMILES string of the molecule is CCNCC(C)n1ccnc1-c1ccccc1. The van der Waals surface area contributed by atoms with Crippen LogP contribution in [0.15, 0.2) is 42.7 Å². The van der Waals surface area contributed by atoms with Crippen molar-refractivity contribution < 1.29 is 0 Å². The largest absolute Gasteiger partial charge is 0.327 e. The number of nitrogens with one attached hydrogen (secondary N) is 1. The lowest BCUT2D eigenvalue weighted by Gasteiger charge is -2.16. The van der Waals surface area contributed by atoms with E-state index in [2.05, 4.69) is 40.8 Å². The maximum atomic E-state index is 4.45. The number of imidazole rings is 1. The Labute approximate surface area is 103 Å². The highest BCUT2D eigenvalue weighted by atomic mass is 15.1. The Morgan fingerprint density at radius 2 is 2.06 bits per heavy atom. The van der Waals surface area contributed by atoms with Gasteiger partial charge in [-0.25, -0.2) is 4.98 Å². The molecular formula is C14H19N3. The third-order valence-corrected chi connectivity index (χ3v) is 2.87. The summed E-state index contributed by atoms with van der Waals surface area (Å²) in [6.07, 6.45) is 3.91. The van der Waals surface area contributed by atoms with Crippen molar-refractivity contribution in [2.45, 2.75) is 19.9 Å². The molecule has 1 heterocycles. The molecule has 1 aromatic carbocycles. The van der Waals surface area contributed by atoms with Crippen LogP contribution in [0, 0.1) is 0 Å². The zero-order valence-corrected chi connectivity index (χ0v) is 10.4. The highest BCUT2D eigenvalue weighted by Gasteiger charge is 2.10. The average molecular weight is 229 g/mol. The molecule has 0 saturated carbocycles. The fourth-order valence-corrected chi connectivity index (χ4v) is 1.93. The van der Waals surface area contributed by atoms with Crippen molar-refractivity contribution >= 4 is 0 Å². The minimum Gasteiger partial charge on any atom is -0.327 e. The summed E-state index contributed by atoms with van der Waals surface area (Å²) in [5.41, 5.74) is 1.17. The van der Waals surface area contributed by atoms with Crippen molar-refractivity contribution in [3.05, 3.63) is 42.7 Å². The molecule has 1 aromatic heterocycles. The molecule has 0 fully saturated rings. The summed E-state index contributed by atoms with van der Waals surface area (Å²) in [7, 11) is 0. The molecule has 0 bridgehead atoms. The lowest BCUT2D eigenvalue weighted by molar-refractivity contribution is 0.506. The van der Waals surface area contributed by atoms with E-state index < -0.39 is 0 Å². The van der Waals surface area contributed by atoms with Crippen molar-refractivity contribution in [3.63, 3.8) is 0 Å². The lowest BCUT2D eigenvalue weighted by atomic mass is 10.2. The highest BCUT2D eigenvalue weighted by Crippen LogP contribution is 2.20. The number of rotatable bonds is 5. The van der Waals surface area contributed by atoms with Crippen LogP contribution in [0.4, 0.5) is 0 Å². The van der Waals surface area contributed by atoms with Gasteiger partial charge in [-0.15, -0.1) is 0 Å². The summed E-state index contributed by atoms with van der Waals surface area (Å²) >= 11 is 0. The van der Waals surface area contributed by atoms with Crippen LogP contribution in [0.5, 0.6) is 0 Å². The Kier molecular flexibility index (Phi) is 3.94. The van der Waals surface area contributed by atoms with E-state index in [4.69, 9.17) is 0 Å². The molecule has 0 saturated heterocycles. The van der Waals surface area contributed by atoms with Crippen LogP contribution < -0.4 is 5.32 Å². The Hall–Kier alpha value is -1.61. The second kappa shape index (κ2) is 5.64. The van der Waals surface area contributed by atoms with Crippen molar-refractivity contribution in [2.24, 2.45) is 0 Å². The zero-order valence-electron chi connectivity index (χ0n) is 10.4. The molecule has 1 atom stereocenters. The summed E-state index contributed by atoms with van der Waals surface area (Å²) in [4.78, 5) is 4.45. The normalized spacial score (nSPS) is 12.6. The molecule has 0 aliphatic carbocycles. The molecule has 17 heavy (non-hydrogen) atoms. The molecule has 0 spiro atoms. The third-order valence-electron chi connectivity index (χ3n) is 2.87. The number of aromatic nitrogens is 2. The number of nitrogens with zero attached hydrogens (tertiary/aromatic N) is 2. The molecule has 1 N–H and O–H groups in total. The van der Waals surface area contributed by atoms with Crippen molar-refractivity contribution in [2.75, 3.05) is 13.1 Å². The maximum absolute atomic E-state index is 4.45. The van der Waals surface area contributed by atoms with Gasteiger partial charge in [-0.2, -0.15) is 0 Å². The number of benzene rings is 1. The van der Waals surface area contributed by atoms with E-state index in [9.17, 15) is 0 Å². The highest BCUT2D eigenvalue weighted by molar-refractivity contribution is 5.55. The summed E-state index contributed by atoms with van der Waals surface area (Å²) < 4.78 is 2.22. The molecule has 2 aromatic rings. The first-order chi connectivity index (χ1) is 8.33. The molecule has 0 amide bonds. The van der Waals surface area contributed by atoms with Gasteiger partial charge < -0.3 is 9.88 Å². The Balaban J connectivity index is 2.23. The zero-order chi connectivity index (χ0) is 12.1. The van der Waals surface area contributed by atoms with Gasteiger partial charge in [-0.1, -0.05) is 37.3 Å². The minimum absolute atomic E-state index is 0.410. The molecule has 2 rings (SSSR count). The molecule has 0 radical (unpaired) electrons. The first kappa shape index (κ1) is 11.9. The quantitative estimate of drug-likeness (QED) is 0.854.